The first-order valence-corrected chi connectivity index (χ1v) is 7.83. The van der Waals surface area contributed by atoms with E-state index in [4.69, 9.17) is 0 Å². The van der Waals surface area contributed by atoms with Crippen LogP contribution in [0.3, 0.4) is 0 Å². The van der Waals surface area contributed by atoms with Crippen LogP contribution >= 0.6 is 0 Å². The first-order chi connectivity index (χ1) is 9.67. The fourth-order valence-corrected chi connectivity index (χ4v) is 2.38. The van der Waals surface area contributed by atoms with Gasteiger partial charge in [-0.15, -0.1) is 0 Å². The van der Waals surface area contributed by atoms with E-state index < -0.39 is 0 Å². The molecule has 2 N–H and O–H groups in total. The standard InChI is InChI=1S/C17H30N2O/c1-4-19(5-2)14-17(20)13-18-12-11-15(3)16-9-7-6-8-10-16/h6-10,15,17-18,20H,4-5,11-14H2,1-3H3. The van der Waals surface area contributed by atoms with Crippen molar-refractivity contribution in [1.29, 1.82) is 0 Å². The highest BCUT2D eigenvalue weighted by Gasteiger charge is 2.09. The van der Waals surface area contributed by atoms with E-state index in [1.165, 1.54) is 5.56 Å². The SMILES string of the molecule is CCN(CC)CC(O)CNCCC(C)c1ccccc1. The Hall–Kier alpha value is -0.900. The Morgan fingerprint density at radius 1 is 1.15 bits per heavy atom. The average molecular weight is 278 g/mol. The van der Waals surface area contributed by atoms with Crippen molar-refractivity contribution in [2.45, 2.75) is 39.2 Å². The molecule has 114 valence electrons. The Balaban J connectivity index is 2.15. The molecule has 2 atom stereocenters. The molecule has 1 rings (SSSR count). The van der Waals surface area contributed by atoms with Gasteiger partial charge in [0.1, 0.15) is 0 Å². The van der Waals surface area contributed by atoms with E-state index in [-0.39, 0.29) is 6.10 Å². The van der Waals surface area contributed by atoms with Crippen LogP contribution in [-0.4, -0.2) is 48.8 Å². The zero-order valence-electron chi connectivity index (χ0n) is 13.2. The molecule has 3 nitrogen and oxygen atoms in total. The van der Waals surface area contributed by atoms with Crippen LogP contribution in [0.25, 0.3) is 0 Å². The lowest BCUT2D eigenvalue weighted by Gasteiger charge is -2.22. The van der Waals surface area contributed by atoms with Crippen molar-refractivity contribution in [1.82, 2.24) is 10.2 Å². The van der Waals surface area contributed by atoms with Gasteiger partial charge in [0.15, 0.2) is 0 Å². The lowest BCUT2D eigenvalue weighted by atomic mass is 9.98. The van der Waals surface area contributed by atoms with Crippen LogP contribution in [0.4, 0.5) is 0 Å². The summed E-state index contributed by atoms with van der Waals surface area (Å²) in [4.78, 5) is 2.25. The summed E-state index contributed by atoms with van der Waals surface area (Å²) in [6.45, 7) is 10.9. The Labute approximate surface area is 124 Å². The molecule has 1 aromatic rings. The molecule has 0 aliphatic heterocycles. The number of hydrogen-bond donors (Lipinski definition) is 2. The second kappa shape index (κ2) is 9.92. The van der Waals surface area contributed by atoms with Gasteiger partial charge in [0.25, 0.3) is 0 Å². The number of likely N-dealkylation sites (N-methyl/N-ethyl adjacent to an activating group) is 1. The maximum atomic E-state index is 9.96. The van der Waals surface area contributed by atoms with Crippen molar-refractivity contribution in [3.05, 3.63) is 35.9 Å². The molecule has 0 heterocycles. The van der Waals surface area contributed by atoms with Gasteiger partial charge in [-0.2, -0.15) is 0 Å². The zero-order chi connectivity index (χ0) is 14.8. The molecule has 0 aliphatic rings. The summed E-state index contributed by atoms with van der Waals surface area (Å²) in [7, 11) is 0. The number of rotatable bonds is 10. The van der Waals surface area contributed by atoms with Crippen molar-refractivity contribution in [2.75, 3.05) is 32.7 Å². The number of aliphatic hydroxyl groups excluding tert-OH is 1. The van der Waals surface area contributed by atoms with E-state index in [1.54, 1.807) is 0 Å². The van der Waals surface area contributed by atoms with Gasteiger partial charge in [0.2, 0.25) is 0 Å². The third-order valence-corrected chi connectivity index (χ3v) is 3.87. The van der Waals surface area contributed by atoms with Crippen LogP contribution < -0.4 is 5.32 Å². The van der Waals surface area contributed by atoms with E-state index in [9.17, 15) is 5.11 Å². The molecule has 0 spiro atoms. The Bertz CT molecular complexity index is 338. The molecule has 0 radical (unpaired) electrons. The van der Waals surface area contributed by atoms with Gasteiger partial charge in [-0.25, -0.2) is 0 Å². The lowest BCUT2D eigenvalue weighted by molar-refractivity contribution is 0.117. The quantitative estimate of drug-likeness (QED) is 0.645. The van der Waals surface area contributed by atoms with E-state index in [1.807, 2.05) is 0 Å². The smallest absolute Gasteiger partial charge is 0.0791 e. The second-order valence-electron chi connectivity index (χ2n) is 5.44. The number of nitrogens with zero attached hydrogens (tertiary/aromatic N) is 1. The summed E-state index contributed by atoms with van der Waals surface area (Å²) >= 11 is 0. The molecular weight excluding hydrogens is 248 g/mol. The molecular formula is C17H30N2O. The maximum absolute atomic E-state index is 9.96. The van der Waals surface area contributed by atoms with E-state index in [2.05, 4.69) is 61.3 Å². The number of aliphatic hydroxyl groups is 1. The lowest BCUT2D eigenvalue weighted by Crippen LogP contribution is -2.38. The van der Waals surface area contributed by atoms with Crippen LogP contribution in [0.2, 0.25) is 0 Å². The first-order valence-electron chi connectivity index (χ1n) is 7.83. The molecule has 0 saturated carbocycles. The zero-order valence-corrected chi connectivity index (χ0v) is 13.2. The third-order valence-electron chi connectivity index (χ3n) is 3.87. The minimum atomic E-state index is -0.276. The Morgan fingerprint density at radius 2 is 1.80 bits per heavy atom. The third kappa shape index (κ3) is 6.51. The molecule has 2 unspecified atom stereocenters. The van der Waals surface area contributed by atoms with Gasteiger partial charge in [0, 0.05) is 13.1 Å². The molecule has 20 heavy (non-hydrogen) atoms. The molecule has 0 aromatic heterocycles. The van der Waals surface area contributed by atoms with E-state index >= 15 is 0 Å². The number of nitrogens with one attached hydrogen (secondary N) is 1. The minimum Gasteiger partial charge on any atom is -0.390 e. The molecule has 1 aromatic carbocycles. The van der Waals surface area contributed by atoms with Crippen LogP contribution in [0, 0.1) is 0 Å². The predicted octanol–water partition coefficient (Wildman–Crippen LogP) is 2.47. The van der Waals surface area contributed by atoms with Crippen molar-refractivity contribution >= 4 is 0 Å². The van der Waals surface area contributed by atoms with Gasteiger partial charge in [-0.1, -0.05) is 51.1 Å². The van der Waals surface area contributed by atoms with Crippen molar-refractivity contribution in [3.8, 4) is 0 Å². The van der Waals surface area contributed by atoms with Gasteiger partial charge in [0.05, 0.1) is 6.10 Å². The first kappa shape index (κ1) is 17.2. The summed E-state index contributed by atoms with van der Waals surface area (Å²) < 4.78 is 0. The monoisotopic (exact) mass is 278 g/mol. The maximum Gasteiger partial charge on any atom is 0.0791 e. The largest absolute Gasteiger partial charge is 0.390 e. The highest BCUT2D eigenvalue weighted by atomic mass is 16.3. The van der Waals surface area contributed by atoms with Crippen molar-refractivity contribution in [2.24, 2.45) is 0 Å². The molecule has 0 fully saturated rings. The van der Waals surface area contributed by atoms with Crippen molar-refractivity contribution in [3.63, 3.8) is 0 Å². The summed E-state index contributed by atoms with van der Waals surface area (Å²) in [6.07, 6.45) is 0.823. The van der Waals surface area contributed by atoms with Gasteiger partial charge < -0.3 is 15.3 Å². The summed E-state index contributed by atoms with van der Waals surface area (Å²) in [5, 5.41) is 13.3. The highest BCUT2D eigenvalue weighted by Crippen LogP contribution is 2.17. The Morgan fingerprint density at radius 3 is 2.40 bits per heavy atom. The van der Waals surface area contributed by atoms with Gasteiger partial charge >= 0.3 is 0 Å². The predicted molar refractivity (Wildman–Crippen MR) is 86.1 cm³/mol. The normalized spacial score (nSPS) is 14.4. The Kier molecular flexibility index (Phi) is 8.51. The van der Waals surface area contributed by atoms with Gasteiger partial charge in [-0.05, 0) is 37.5 Å². The van der Waals surface area contributed by atoms with Crippen LogP contribution in [0.1, 0.15) is 38.7 Å². The summed E-state index contributed by atoms with van der Waals surface area (Å²) in [5.41, 5.74) is 1.39. The molecule has 0 aliphatic carbocycles. The summed E-state index contributed by atoms with van der Waals surface area (Å²) in [6, 6.07) is 10.6. The fourth-order valence-electron chi connectivity index (χ4n) is 2.38. The molecule has 0 saturated heterocycles. The number of hydrogen-bond acceptors (Lipinski definition) is 3. The van der Waals surface area contributed by atoms with Crippen LogP contribution in [0.5, 0.6) is 0 Å². The topological polar surface area (TPSA) is 35.5 Å². The highest BCUT2D eigenvalue weighted by molar-refractivity contribution is 5.18. The van der Waals surface area contributed by atoms with E-state index in [0.717, 1.165) is 32.6 Å². The van der Waals surface area contributed by atoms with Crippen LogP contribution in [0.15, 0.2) is 30.3 Å². The summed E-state index contributed by atoms with van der Waals surface area (Å²) in [5.74, 6) is 0.559. The fraction of sp³-hybridized carbons (Fsp3) is 0.647. The molecule has 0 bridgehead atoms. The van der Waals surface area contributed by atoms with Crippen molar-refractivity contribution < 1.29 is 5.11 Å². The second-order valence-corrected chi connectivity index (χ2v) is 5.44. The van der Waals surface area contributed by atoms with Crippen LogP contribution in [-0.2, 0) is 0 Å². The minimum absolute atomic E-state index is 0.276. The molecule has 3 heteroatoms. The average Bonchev–Trinajstić information content (AvgIpc) is 2.49. The molecule has 0 amide bonds. The van der Waals surface area contributed by atoms with E-state index in [0.29, 0.717) is 12.5 Å². The van der Waals surface area contributed by atoms with Gasteiger partial charge in [-0.3, -0.25) is 0 Å². The number of benzene rings is 1.